The summed E-state index contributed by atoms with van der Waals surface area (Å²) in [7, 11) is -3.38. The standard InChI is InChI=1S/C16H28N2O2S/c1-5-8-11-18(7-3)21(19,20)16-10-9-14(4)15(12-16)13-17-6-2/h9-10,12,17H,5-8,11,13H2,1-4H3. The summed E-state index contributed by atoms with van der Waals surface area (Å²) in [6.07, 6.45) is 1.88. The summed E-state index contributed by atoms with van der Waals surface area (Å²) in [6, 6.07) is 5.42. The SMILES string of the molecule is CCCCN(CC)S(=O)(=O)c1ccc(C)c(CNCC)c1. The van der Waals surface area contributed by atoms with Crippen LogP contribution in [0, 0.1) is 6.92 Å². The Labute approximate surface area is 129 Å². The van der Waals surface area contributed by atoms with Crippen LogP contribution in [-0.2, 0) is 16.6 Å². The minimum absolute atomic E-state index is 0.402. The monoisotopic (exact) mass is 312 g/mol. The third kappa shape index (κ3) is 4.80. The fourth-order valence-electron chi connectivity index (χ4n) is 2.19. The van der Waals surface area contributed by atoms with Crippen molar-refractivity contribution in [3.63, 3.8) is 0 Å². The van der Waals surface area contributed by atoms with Gasteiger partial charge in [-0.3, -0.25) is 0 Å². The first kappa shape index (κ1) is 18.1. The number of rotatable bonds is 9. The molecule has 1 aromatic rings. The summed E-state index contributed by atoms with van der Waals surface area (Å²) in [5, 5.41) is 3.25. The van der Waals surface area contributed by atoms with Crippen molar-refractivity contribution in [3.8, 4) is 0 Å². The third-order valence-corrected chi connectivity index (χ3v) is 5.61. The van der Waals surface area contributed by atoms with Gasteiger partial charge in [0.05, 0.1) is 4.90 Å². The summed E-state index contributed by atoms with van der Waals surface area (Å²) in [5.41, 5.74) is 2.16. The molecule has 0 unspecified atom stereocenters. The van der Waals surface area contributed by atoms with Crippen molar-refractivity contribution < 1.29 is 8.42 Å². The lowest BCUT2D eigenvalue weighted by Gasteiger charge is -2.21. The van der Waals surface area contributed by atoms with Crippen molar-refractivity contribution in [2.24, 2.45) is 0 Å². The Morgan fingerprint density at radius 1 is 1.19 bits per heavy atom. The van der Waals surface area contributed by atoms with E-state index in [1.54, 1.807) is 10.4 Å². The van der Waals surface area contributed by atoms with Gasteiger partial charge >= 0.3 is 0 Å². The molecule has 0 radical (unpaired) electrons. The first-order valence-electron chi connectivity index (χ1n) is 7.77. The van der Waals surface area contributed by atoms with Crippen LogP contribution in [0.1, 0.15) is 44.7 Å². The lowest BCUT2D eigenvalue weighted by Crippen LogP contribution is -2.32. The molecule has 0 aromatic heterocycles. The van der Waals surface area contributed by atoms with E-state index in [1.807, 2.05) is 32.9 Å². The largest absolute Gasteiger partial charge is 0.313 e. The van der Waals surface area contributed by atoms with Crippen molar-refractivity contribution in [1.82, 2.24) is 9.62 Å². The first-order valence-corrected chi connectivity index (χ1v) is 9.21. The average Bonchev–Trinajstić information content (AvgIpc) is 2.46. The minimum atomic E-state index is -3.38. The molecule has 21 heavy (non-hydrogen) atoms. The number of aryl methyl sites for hydroxylation is 1. The van der Waals surface area contributed by atoms with Crippen LogP contribution in [0.2, 0.25) is 0 Å². The number of sulfonamides is 1. The average molecular weight is 312 g/mol. The molecule has 1 N–H and O–H groups in total. The van der Waals surface area contributed by atoms with E-state index in [4.69, 9.17) is 0 Å². The molecule has 0 bridgehead atoms. The van der Waals surface area contributed by atoms with Gasteiger partial charge in [-0.1, -0.05) is 33.3 Å². The van der Waals surface area contributed by atoms with Crippen LogP contribution in [0.15, 0.2) is 23.1 Å². The highest BCUT2D eigenvalue weighted by Crippen LogP contribution is 2.20. The van der Waals surface area contributed by atoms with Crippen LogP contribution in [0.25, 0.3) is 0 Å². The second kappa shape index (κ2) is 8.51. The molecule has 0 aliphatic heterocycles. The van der Waals surface area contributed by atoms with Crippen LogP contribution in [-0.4, -0.2) is 32.4 Å². The van der Waals surface area contributed by atoms with Gasteiger partial charge in [0.2, 0.25) is 10.0 Å². The summed E-state index contributed by atoms with van der Waals surface area (Å²) in [4.78, 5) is 0.402. The van der Waals surface area contributed by atoms with E-state index in [9.17, 15) is 8.42 Å². The van der Waals surface area contributed by atoms with E-state index in [0.29, 0.717) is 24.5 Å². The fourth-order valence-corrected chi connectivity index (χ4v) is 3.73. The Kier molecular flexibility index (Phi) is 7.35. The Bertz CT molecular complexity index is 541. The molecule has 0 atom stereocenters. The maximum atomic E-state index is 12.7. The normalized spacial score (nSPS) is 12.0. The lowest BCUT2D eigenvalue weighted by atomic mass is 10.1. The van der Waals surface area contributed by atoms with E-state index in [-0.39, 0.29) is 0 Å². The smallest absolute Gasteiger partial charge is 0.243 e. The summed E-state index contributed by atoms with van der Waals surface area (Å²) in [6.45, 7) is 10.7. The number of unbranched alkanes of at least 4 members (excludes halogenated alkanes) is 1. The summed E-state index contributed by atoms with van der Waals surface area (Å²) >= 11 is 0. The van der Waals surface area contributed by atoms with Gasteiger partial charge in [0, 0.05) is 19.6 Å². The third-order valence-electron chi connectivity index (χ3n) is 3.64. The minimum Gasteiger partial charge on any atom is -0.313 e. The molecule has 0 spiro atoms. The molecule has 0 fully saturated rings. The number of nitrogens with one attached hydrogen (secondary N) is 1. The highest BCUT2D eigenvalue weighted by atomic mass is 32.2. The van der Waals surface area contributed by atoms with Gasteiger partial charge in [0.15, 0.2) is 0 Å². The zero-order chi connectivity index (χ0) is 15.9. The predicted molar refractivity (Wildman–Crippen MR) is 87.9 cm³/mol. The van der Waals surface area contributed by atoms with Crippen LogP contribution >= 0.6 is 0 Å². The van der Waals surface area contributed by atoms with Crippen molar-refractivity contribution in [2.45, 2.75) is 52.0 Å². The maximum Gasteiger partial charge on any atom is 0.243 e. The molecule has 0 aliphatic rings. The van der Waals surface area contributed by atoms with E-state index < -0.39 is 10.0 Å². The second-order valence-corrected chi connectivity index (χ2v) is 7.16. The van der Waals surface area contributed by atoms with Gasteiger partial charge < -0.3 is 5.32 Å². The molecule has 0 saturated heterocycles. The molecule has 4 nitrogen and oxygen atoms in total. The van der Waals surface area contributed by atoms with Gasteiger partial charge in [-0.15, -0.1) is 0 Å². The molecular weight excluding hydrogens is 284 g/mol. The molecule has 5 heteroatoms. The first-order chi connectivity index (χ1) is 9.97. The summed E-state index contributed by atoms with van der Waals surface area (Å²) < 4.78 is 27.0. The molecule has 0 aliphatic carbocycles. The number of hydrogen-bond donors (Lipinski definition) is 1. The molecule has 1 rings (SSSR count). The van der Waals surface area contributed by atoms with Gasteiger partial charge in [-0.25, -0.2) is 8.42 Å². The van der Waals surface area contributed by atoms with Crippen LogP contribution < -0.4 is 5.32 Å². The van der Waals surface area contributed by atoms with E-state index in [0.717, 1.165) is 30.5 Å². The van der Waals surface area contributed by atoms with Crippen molar-refractivity contribution in [3.05, 3.63) is 29.3 Å². The van der Waals surface area contributed by atoms with E-state index in [1.165, 1.54) is 0 Å². The predicted octanol–water partition coefficient (Wildman–Crippen LogP) is 2.92. The molecule has 0 saturated carbocycles. The molecule has 0 amide bonds. The highest BCUT2D eigenvalue weighted by Gasteiger charge is 2.23. The molecular formula is C16H28N2O2S. The molecule has 0 heterocycles. The van der Waals surface area contributed by atoms with Crippen LogP contribution in [0.5, 0.6) is 0 Å². The molecule has 1 aromatic carbocycles. The number of benzene rings is 1. The Morgan fingerprint density at radius 2 is 1.90 bits per heavy atom. The fraction of sp³-hybridized carbons (Fsp3) is 0.625. The number of hydrogen-bond acceptors (Lipinski definition) is 3. The summed E-state index contributed by atoms with van der Waals surface area (Å²) in [5.74, 6) is 0. The van der Waals surface area contributed by atoms with Gasteiger partial charge in [-0.2, -0.15) is 4.31 Å². The maximum absolute atomic E-state index is 12.7. The highest BCUT2D eigenvalue weighted by molar-refractivity contribution is 7.89. The second-order valence-electron chi connectivity index (χ2n) is 5.22. The zero-order valence-electron chi connectivity index (χ0n) is 13.6. The van der Waals surface area contributed by atoms with Crippen molar-refractivity contribution >= 4 is 10.0 Å². The van der Waals surface area contributed by atoms with Crippen molar-refractivity contribution in [2.75, 3.05) is 19.6 Å². The van der Waals surface area contributed by atoms with Crippen LogP contribution in [0.3, 0.4) is 0 Å². The zero-order valence-corrected chi connectivity index (χ0v) is 14.5. The Balaban J connectivity index is 3.06. The Morgan fingerprint density at radius 3 is 2.48 bits per heavy atom. The van der Waals surface area contributed by atoms with Gasteiger partial charge in [0.1, 0.15) is 0 Å². The van der Waals surface area contributed by atoms with Crippen molar-refractivity contribution in [1.29, 1.82) is 0 Å². The van der Waals surface area contributed by atoms with Gasteiger partial charge in [0.25, 0.3) is 0 Å². The van der Waals surface area contributed by atoms with E-state index in [2.05, 4.69) is 12.2 Å². The van der Waals surface area contributed by atoms with Gasteiger partial charge in [-0.05, 0) is 43.1 Å². The van der Waals surface area contributed by atoms with Crippen LogP contribution in [0.4, 0.5) is 0 Å². The number of nitrogens with zero attached hydrogens (tertiary/aromatic N) is 1. The topological polar surface area (TPSA) is 49.4 Å². The lowest BCUT2D eigenvalue weighted by molar-refractivity contribution is 0.419. The molecule has 120 valence electrons. The van der Waals surface area contributed by atoms with E-state index >= 15 is 0 Å². The Hall–Kier alpha value is -0.910. The quantitative estimate of drug-likeness (QED) is 0.763.